The van der Waals surface area contributed by atoms with E-state index >= 15 is 0 Å². The van der Waals surface area contributed by atoms with Gasteiger partial charge in [0, 0.05) is 12.8 Å². The Morgan fingerprint density at radius 1 is 1.44 bits per heavy atom. The lowest BCUT2D eigenvalue weighted by Crippen LogP contribution is -1.98. The first kappa shape index (κ1) is 13.1. The molecule has 1 aliphatic carbocycles. The number of rotatable bonds is 5. The van der Waals surface area contributed by atoms with E-state index in [2.05, 4.69) is 43.3 Å². The van der Waals surface area contributed by atoms with Gasteiger partial charge in [-0.3, -0.25) is 4.99 Å². The molecule has 1 unspecified atom stereocenters. The molecule has 2 heteroatoms. The number of nitrogens with zero attached hydrogens (tertiary/aromatic N) is 1. The van der Waals surface area contributed by atoms with Gasteiger partial charge in [-0.25, -0.2) is 0 Å². The lowest BCUT2D eigenvalue weighted by Gasteiger charge is -2.11. The molecule has 0 N–H and O–H groups in total. The summed E-state index contributed by atoms with van der Waals surface area (Å²) in [6.45, 7) is 5.28. The van der Waals surface area contributed by atoms with Crippen molar-refractivity contribution in [2.75, 3.05) is 13.7 Å². The molecule has 2 nitrogen and oxygen atoms in total. The zero-order valence-corrected chi connectivity index (χ0v) is 11.6. The van der Waals surface area contributed by atoms with E-state index in [1.165, 1.54) is 24.0 Å². The molecule has 0 aromatic heterocycles. The Balaban J connectivity index is 1.98. The molecule has 2 rings (SSSR count). The van der Waals surface area contributed by atoms with Crippen molar-refractivity contribution in [2.45, 2.75) is 39.0 Å². The Morgan fingerprint density at radius 3 is 3.00 bits per heavy atom. The molecule has 0 saturated heterocycles. The fourth-order valence-corrected chi connectivity index (χ4v) is 2.61. The maximum Gasteiger partial charge on any atom is 0.119 e. The Kier molecular flexibility index (Phi) is 4.40. The SMILES string of the molecule is COc1ccc2c(c1)C(CCN=CC(C)C)CC2. The zero-order chi connectivity index (χ0) is 13.0. The van der Waals surface area contributed by atoms with Gasteiger partial charge in [0.1, 0.15) is 5.75 Å². The highest BCUT2D eigenvalue weighted by Crippen LogP contribution is 2.37. The van der Waals surface area contributed by atoms with Crippen LogP contribution in [0.5, 0.6) is 5.75 Å². The minimum atomic E-state index is 0.556. The van der Waals surface area contributed by atoms with Crippen LogP contribution in [0.3, 0.4) is 0 Å². The Morgan fingerprint density at radius 2 is 2.28 bits per heavy atom. The van der Waals surface area contributed by atoms with Crippen LogP contribution in [-0.4, -0.2) is 19.9 Å². The van der Waals surface area contributed by atoms with Crippen molar-refractivity contribution in [3.8, 4) is 5.75 Å². The molecule has 0 aliphatic heterocycles. The third kappa shape index (κ3) is 3.12. The van der Waals surface area contributed by atoms with Crippen LogP contribution in [0.2, 0.25) is 0 Å². The first-order chi connectivity index (χ1) is 8.70. The first-order valence-electron chi connectivity index (χ1n) is 6.87. The maximum atomic E-state index is 5.32. The quantitative estimate of drug-likeness (QED) is 0.722. The number of fused-ring (bicyclic) bond motifs is 1. The van der Waals surface area contributed by atoms with Crippen molar-refractivity contribution in [2.24, 2.45) is 10.9 Å². The summed E-state index contributed by atoms with van der Waals surface area (Å²) in [5, 5.41) is 0. The number of aryl methyl sites for hydroxylation is 1. The van der Waals surface area contributed by atoms with Crippen LogP contribution in [0, 0.1) is 5.92 Å². The normalized spacial score (nSPS) is 18.6. The van der Waals surface area contributed by atoms with Crippen LogP contribution >= 0.6 is 0 Å². The smallest absolute Gasteiger partial charge is 0.119 e. The van der Waals surface area contributed by atoms with Crippen LogP contribution < -0.4 is 4.74 Å². The fourth-order valence-electron chi connectivity index (χ4n) is 2.61. The van der Waals surface area contributed by atoms with Crippen molar-refractivity contribution >= 4 is 6.21 Å². The first-order valence-corrected chi connectivity index (χ1v) is 6.87. The molecule has 1 aliphatic rings. The summed E-state index contributed by atoms with van der Waals surface area (Å²) < 4.78 is 5.32. The fraction of sp³-hybridized carbons (Fsp3) is 0.562. The van der Waals surface area contributed by atoms with Crippen LogP contribution in [0.25, 0.3) is 0 Å². The predicted molar refractivity (Wildman–Crippen MR) is 76.9 cm³/mol. The van der Waals surface area contributed by atoms with Gasteiger partial charge in [-0.15, -0.1) is 0 Å². The molecule has 0 spiro atoms. The lowest BCUT2D eigenvalue weighted by atomic mass is 9.98. The molecule has 1 atom stereocenters. The van der Waals surface area contributed by atoms with Crippen molar-refractivity contribution in [1.82, 2.24) is 0 Å². The number of hydrogen-bond acceptors (Lipinski definition) is 2. The second-order valence-electron chi connectivity index (χ2n) is 5.39. The van der Waals surface area contributed by atoms with Crippen molar-refractivity contribution in [3.05, 3.63) is 29.3 Å². The number of hydrogen-bond donors (Lipinski definition) is 0. The van der Waals surface area contributed by atoms with Gasteiger partial charge in [-0.05, 0) is 54.4 Å². The number of aliphatic imine (C=N–C) groups is 1. The van der Waals surface area contributed by atoms with Gasteiger partial charge in [0.2, 0.25) is 0 Å². The second-order valence-corrected chi connectivity index (χ2v) is 5.39. The molecule has 18 heavy (non-hydrogen) atoms. The molecule has 0 saturated carbocycles. The number of benzene rings is 1. The summed E-state index contributed by atoms with van der Waals surface area (Å²) >= 11 is 0. The molecule has 0 radical (unpaired) electrons. The Hall–Kier alpha value is -1.31. The second kappa shape index (κ2) is 6.03. The predicted octanol–water partition coefficient (Wildman–Crippen LogP) is 3.84. The van der Waals surface area contributed by atoms with Crippen LogP contribution in [-0.2, 0) is 6.42 Å². The molecule has 0 fully saturated rings. The molecule has 0 amide bonds. The Labute approximate surface area is 110 Å². The summed E-state index contributed by atoms with van der Waals surface area (Å²) in [4.78, 5) is 4.49. The van der Waals surface area contributed by atoms with Crippen molar-refractivity contribution in [3.63, 3.8) is 0 Å². The average Bonchev–Trinajstić information content (AvgIpc) is 2.76. The Bertz CT molecular complexity index is 423. The molecular formula is C16H23NO. The number of methoxy groups -OCH3 is 1. The zero-order valence-electron chi connectivity index (χ0n) is 11.6. The monoisotopic (exact) mass is 245 g/mol. The van der Waals surface area contributed by atoms with E-state index in [-0.39, 0.29) is 0 Å². The van der Waals surface area contributed by atoms with Gasteiger partial charge in [0.25, 0.3) is 0 Å². The largest absolute Gasteiger partial charge is 0.497 e. The van der Waals surface area contributed by atoms with Gasteiger partial charge in [-0.2, -0.15) is 0 Å². The maximum absolute atomic E-state index is 5.32. The van der Waals surface area contributed by atoms with Gasteiger partial charge >= 0.3 is 0 Å². The van der Waals surface area contributed by atoms with E-state index in [1.807, 2.05) is 0 Å². The van der Waals surface area contributed by atoms with E-state index in [4.69, 9.17) is 4.74 Å². The van der Waals surface area contributed by atoms with Gasteiger partial charge in [0.15, 0.2) is 0 Å². The van der Waals surface area contributed by atoms with Crippen LogP contribution in [0.15, 0.2) is 23.2 Å². The molecule has 0 bridgehead atoms. The lowest BCUT2D eigenvalue weighted by molar-refractivity contribution is 0.414. The van der Waals surface area contributed by atoms with Crippen LogP contribution in [0.4, 0.5) is 0 Å². The molecule has 98 valence electrons. The summed E-state index contributed by atoms with van der Waals surface area (Å²) in [5.74, 6) is 2.20. The highest BCUT2D eigenvalue weighted by atomic mass is 16.5. The van der Waals surface area contributed by atoms with Gasteiger partial charge in [-0.1, -0.05) is 19.9 Å². The topological polar surface area (TPSA) is 21.6 Å². The van der Waals surface area contributed by atoms with Crippen molar-refractivity contribution < 1.29 is 4.74 Å². The molecule has 1 aromatic carbocycles. The molecule has 1 aromatic rings. The van der Waals surface area contributed by atoms with E-state index < -0.39 is 0 Å². The third-order valence-corrected chi connectivity index (χ3v) is 3.57. The summed E-state index contributed by atoms with van der Waals surface area (Å²) in [7, 11) is 1.73. The molecular weight excluding hydrogens is 222 g/mol. The minimum absolute atomic E-state index is 0.556. The van der Waals surface area contributed by atoms with Crippen LogP contribution in [0.1, 0.15) is 43.7 Å². The van der Waals surface area contributed by atoms with Gasteiger partial charge in [0.05, 0.1) is 7.11 Å². The summed E-state index contributed by atoms with van der Waals surface area (Å²) in [6.07, 6.45) is 5.68. The summed E-state index contributed by atoms with van der Waals surface area (Å²) in [6, 6.07) is 6.49. The van der Waals surface area contributed by atoms with Crippen molar-refractivity contribution in [1.29, 1.82) is 0 Å². The van der Waals surface area contributed by atoms with E-state index in [9.17, 15) is 0 Å². The highest BCUT2D eigenvalue weighted by Gasteiger charge is 2.22. The third-order valence-electron chi connectivity index (χ3n) is 3.57. The average molecular weight is 245 g/mol. The summed E-state index contributed by atoms with van der Waals surface area (Å²) in [5.41, 5.74) is 2.97. The highest BCUT2D eigenvalue weighted by molar-refractivity contribution is 5.59. The minimum Gasteiger partial charge on any atom is -0.497 e. The van der Waals surface area contributed by atoms with E-state index in [0.717, 1.165) is 18.7 Å². The van der Waals surface area contributed by atoms with E-state index in [0.29, 0.717) is 11.8 Å². The van der Waals surface area contributed by atoms with E-state index in [1.54, 1.807) is 7.11 Å². The number of ether oxygens (including phenoxy) is 1. The standard InChI is InChI=1S/C16H23NO/c1-12(2)11-17-9-8-14-5-4-13-6-7-15(18-3)10-16(13)14/h6-7,10-12,14H,4-5,8-9H2,1-3H3. The van der Waals surface area contributed by atoms with Gasteiger partial charge < -0.3 is 4.74 Å². The molecule has 0 heterocycles.